The van der Waals surface area contributed by atoms with E-state index in [1.165, 1.54) is 12.5 Å². The lowest BCUT2D eigenvalue weighted by molar-refractivity contribution is -0.142. The highest BCUT2D eigenvalue weighted by molar-refractivity contribution is 7.80. The summed E-state index contributed by atoms with van der Waals surface area (Å²) in [7, 11) is 0. The van der Waals surface area contributed by atoms with Gasteiger partial charge in [0.1, 0.15) is 18.1 Å². The van der Waals surface area contributed by atoms with E-state index in [0.717, 1.165) is 0 Å². The fourth-order valence-electron chi connectivity index (χ4n) is 2.90. The molecule has 0 radical (unpaired) electrons. The van der Waals surface area contributed by atoms with Crippen LogP contribution in [0.5, 0.6) is 0 Å². The van der Waals surface area contributed by atoms with Crippen LogP contribution in [0.25, 0.3) is 0 Å². The van der Waals surface area contributed by atoms with E-state index in [1.807, 2.05) is 6.92 Å². The molecule has 0 aliphatic rings. The van der Waals surface area contributed by atoms with Crippen LogP contribution in [0.3, 0.4) is 0 Å². The molecule has 0 fully saturated rings. The molecule has 0 spiro atoms. The molecule has 1 heterocycles. The van der Waals surface area contributed by atoms with Crippen LogP contribution in [0, 0.1) is 11.8 Å². The Balaban J connectivity index is 2.95. The SMILES string of the molecule is CCC(C)C(NC(=O)C(N)CS)C(=O)NC(C(=O)NC(Cc1cnc[nH]1)C(=O)O)C(C)C. The Kier molecular flexibility index (Phi) is 11.2. The Morgan fingerprint density at radius 3 is 2.16 bits per heavy atom. The van der Waals surface area contributed by atoms with Crippen molar-refractivity contribution in [2.24, 2.45) is 17.6 Å². The minimum Gasteiger partial charge on any atom is -0.480 e. The Morgan fingerprint density at radius 2 is 1.69 bits per heavy atom. The number of carbonyl (C=O) groups is 4. The lowest BCUT2D eigenvalue weighted by Crippen LogP contribution is -2.60. The van der Waals surface area contributed by atoms with E-state index in [-0.39, 0.29) is 24.0 Å². The fraction of sp³-hybridized carbons (Fsp3) is 0.650. The molecule has 12 heteroatoms. The maximum absolute atomic E-state index is 13.0. The summed E-state index contributed by atoms with van der Waals surface area (Å²) >= 11 is 4.00. The summed E-state index contributed by atoms with van der Waals surface area (Å²) in [5.41, 5.74) is 6.24. The summed E-state index contributed by atoms with van der Waals surface area (Å²) in [4.78, 5) is 56.3. The van der Waals surface area contributed by atoms with Gasteiger partial charge in [-0.05, 0) is 11.8 Å². The van der Waals surface area contributed by atoms with E-state index in [2.05, 4.69) is 38.5 Å². The van der Waals surface area contributed by atoms with E-state index >= 15 is 0 Å². The highest BCUT2D eigenvalue weighted by Crippen LogP contribution is 2.11. The molecule has 5 atom stereocenters. The topological polar surface area (TPSA) is 179 Å². The third-order valence-electron chi connectivity index (χ3n) is 5.17. The summed E-state index contributed by atoms with van der Waals surface area (Å²) in [6.45, 7) is 7.12. The molecule has 5 unspecified atom stereocenters. The summed E-state index contributed by atoms with van der Waals surface area (Å²) in [6.07, 6.45) is 3.49. The minimum atomic E-state index is -1.22. The molecule has 11 nitrogen and oxygen atoms in total. The van der Waals surface area contributed by atoms with E-state index in [4.69, 9.17) is 5.73 Å². The number of H-pyrrole nitrogens is 1. The molecule has 32 heavy (non-hydrogen) atoms. The van der Waals surface area contributed by atoms with E-state index in [1.54, 1.807) is 20.8 Å². The largest absolute Gasteiger partial charge is 0.480 e. The number of nitrogens with one attached hydrogen (secondary N) is 4. The molecule has 180 valence electrons. The van der Waals surface area contributed by atoms with Crippen molar-refractivity contribution in [1.82, 2.24) is 25.9 Å². The second-order valence-electron chi connectivity index (χ2n) is 8.07. The number of carbonyl (C=O) groups excluding carboxylic acids is 3. The first-order valence-corrected chi connectivity index (χ1v) is 11.1. The smallest absolute Gasteiger partial charge is 0.326 e. The van der Waals surface area contributed by atoms with Gasteiger partial charge in [0, 0.05) is 24.1 Å². The molecule has 1 aromatic heterocycles. The number of aromatic amines is 1. The number of aromatic nitrogens is 2. The lowest BCUT2D eigenvalue weighted by atomic mass is 9.96. The van der Waals surface area contributed by atoms with E-state index in [0.29, 0.717) is 12.1 Å². The minimum absolute atomic E-state index is 0.00695. The Labute approximate surface area is 193 Å². The zero-order valence-electron chi connectivity index (χ0n) is 18.8. The van der Waals surface area contributed by atoms with Gasteiger partial charge >= 0.3 is 5.97 Å². The molecule has 0 aromatic carbocycles. The van der Waals surface area contributed by atoms with Gasteiger partial charge in [0.15, 0.2) is 0 Å². The number of nitrogens with zero attached hydrogens (tertiary/aromatic N) is 1. The number of imidazole rings is 1. The summed E-state index contributed by atoms with van der Waals surface area (Å²) in [6, 6.07) is -4.00. The standard InChI is InChI=1S/C20H34N6O5S/c1-5-11(4)16(26-17(27)13(21)8-32)19(29)25-15(10(2)3)18(28)24-14(20(30)31)6-12-7-22-9-23-12/h7,9-11,13-16,32H,5-6,8,21H2,1-4H3,(H,22,23)(H,24,28)(H,25,29)(H,26,27)(H,30,31). The first kappa shape index (κ1) is 27.4. The van der Waals surface area contributed by atoms with E-state index < -0.39 is 47.9 Å². The van der Waals surface area contributed by atoms with Crippen LogP contribution in [0.4, 0.5) is 0 Å². The number of carboxylic acids is 1. The lowest BCUT2D eigenvalue weighted by Gasteiger charge is -2.29. The zero-order valence-corrected chi connectivity index (χ0v) is 19.7. The van der Waals surface area contributed by atoms with Gasteiger partial charge in [-0.15, -0.1) is 0 Å². The second kappa shape index (κ2) is 13.1. The summed E-state index contributed by atoms with van der Waals surface area (Å²) in [5.74, 6) is -3.37. The molecule has 1 aromatic rings. The molecule has 0 aliphatic heterocycles. The molecule has 7 N–H and O–H groups in total. The Morgan fingerprint density at radius 1 is 1.09 bits per heavy atom. The van der Waals surface area contributed by atoms with Gasteiger partial charge in [0.2, 0.25) is 17.7 Å². The van der Waals surface area contributed by atoms with Crippen molar-refractivity contribution in [3.63, 3.8) is 0 Å². The van der Waals surface area contributed by atoms with Gasteiger partial charge in [-0.3, -0.25) is 14.4 Å². The number of hydrogen-bond acceptors (Lipinski definition) is 7. The van der Waals surface area contributed by atoms with Crippen molar-refractivity contribution >= 4 is 36.3 Å². The molecule has 0 saturated carbocycles. The van der Waals surface area contributed by atoms with Gasteiger partial charge in [0.25, 0.3) is 0 Å². The van der Waals surface area contributed by atoms with Crippen LogP contribution in [-0.4, -0.2) is 68.7 Å². The molecule has 0 aliphatic carbocycles. The highest BCUT2D eigenvalue weighted by atomic mass is 32.1. The predicted octanol–water partition coefficient (Wildman–Crippen LogP) is -0.550. The second-order valence-corrected chi connectivity index (χ2v) is 8.44. The van der Waals surface area contributed by atoms with Gasteiger partial charge in [-0.1, -0.05) is 34.1 Å². The Bertz CT molecular complexity index is 773. The maximum atomic E-state index is 13.0. The normalized spacial score (nSPS) is 15.8. The maximum Gasteiger partial charge on any atom is 0.326 e. The third-order valence-corrected chi connectivity index (χ3v) is 5.56. The fourth-order valence-corrected chi connectivity index (χ4v) is 3.07. The van der Waals surface area contributed by atoms with Crippen LogP contribution in [0.1, 0.15) is 39.8 Å². The molecular formula is C20H34N6O5S. The number of thiol groups is 1. The van der Waals surface area contributed by atoms with Crippen molar-refractivity contribution < 1.29 is 24.3 Å². The summed E-state index contributed by atoms with van der Waals surface area (Å²) in [5, 5.41) is 17.2. The van der Waals surface area contributed by atoms with Crippen molar-refractivity contribution in [1.29, 1.82) is 0 Å². The first-order valence-electron chi connectivity index (χ1n) is 10.5. The van der Waals surface area contributed by atoms with Crippen molar-refractivity contribution in [3.05, 3.63) is 18.2 Å². The molecule has 0 saturated heterocycles. The van der Waals surface area contributed by atoms with E-state index in [9.17, 15) is 24.3 Å². The van der Waals surface area contributed by atoms with Crippen molar-refractivity contribution in [3.8, 4) is 0 Å². The molecular weight excluding hydrogens is 436 g/mol. The van der Waals surface area contributed by atoms with Crippen LogP contribution in [0.15, 0.2) is 12.5 Å². The zero-order chi connectivity index (χ0) is 24.4. The average Bonchev–Trinajstić information content (AvgIpc) is 3.26. The van der Waals surface area contributed by atoms with Gasteiger partial charge in [0.05, 0.1) is 12.4 Å². The average molecular weight is 471 g/mol. The van der Waals surface area contributed by atoms with Crippen molar-refractivity contribution in [2.75, 3.05) is 5.75 Å². The van der Waals surface area contributed by atoms with Crippen LogP contribution >= 0.6 is 12.6 Å². The van der Waals surface area contributed by atoms with Crippen molar-refractivity contribution in [2.45, 2.75) is 64.7 Å². The molecule has 0 bridgehead atoms. The van der Waals surface area contributed by atoms with Gasteiger partial charge < -0.3 is 31.8 Å². The number of amides is 3. The number of aliphatic carboxylic acids is 1. The van der Waals surface area contributed by atoms with Crippen LogP contribution in [-0.2, 0) is 25.6 Å². The number of carboxylic acid groups (broad SMARTS) is 1. The number of nitrogens with two attached hydrogens (primary N) is 1. The van der Waals surface area contributed by atoms with Gasteiger partial charge in [-0.25, -0.2) is 9.78 Å². The summed E-state index contributed by atoms with van der Waals surface area (Å²) < 4.78 is 0. The highest BCUT2D eigenvalue weighted by Gasteiger charge is 2.33. The van der Waals surface area contributed by atoms with Crippen LogP contribution < -0.4 is 21.7 Å². The first-order chi connectivity index (χ1) is 15.0. The van der Waals surface area contributed by atoms with Gasteiger partial charge in [-0.2, -0.15) is 12.6 Å². The molecule has 1 rings (SSSR count). The predicted molar refractivity (Wildman–Crippen MR) is 122 cm³/mol. The number of hydrogen-bond donors (Lipinski definition) is 7. The molecule has 3 amide bonds. The number of rotatable bonds is 13. The third kappa shape index (κ3) is 8.15. The van der Waals surface area contributed by atoms with Crippen LogP contribution in [0.2, 0.25) is 0 Å². The quantitative estimate of drug-likeness (QED) is 0.189. The monoisotopic (exact) mass is 470 g/mol. The Hall–Kier alpha value is -2.60.